The summed E-state index contributed by atoms with van der Waals surface area (Å²) >= 11 is 0. The second-order valence-corrected chi connectivity index (χ2v) is 6.25. The molecule has 1 aliphatic rings. The maximum atomic E-state index is 12.7. The van der Waals surface area contributed by atoms with Gasteiger partial charge in [0, 0.05) is 32.2 Å². The number of morpholine rings is 1. The van der Waals surface area contributed by atoms with Gasteiger partial charge in [0.2, 0.25) is 11.8 Å². The smallest absolute Gasteiger partial charge is 0.242 e. The van der Waals surface area contributed by atoms with Crippen molar-refractivity contribution in [2.24, 2.45) is 5.73 Å². The Hall–Kier alpha value is -1.38. The zero-order valence-corrected chi connectivity index (χ0v) is 17.3. The van der Waals surface area contributed by atoms with Gasteiger partial charge in [-0.25, -0.2) is 0 Å². The summed E-state index contributed by atoms with van der Waals surface area (Å²) in [4.78, 5) is 28.2. The quantitative estimate of drug-likeness (QED) is 0.644. The molecule has 0 bridgehead atoms. The number of amides is 2. The summed E-state index contributed by atoms with van der Waals surface area (Å²) in [5.41, 5.74) is 6.35. The molecule has 0 saturated carbocycles. The van der Waals surface area contributed by atoms with Gasteiger partial charge in [0.1, 0.15) is 0 Å². The van der Waals surface area contributed by atoms with Crippen LogP contribution in [0, 0.1) is 0 Å². The summed E-state index contributed by atoms with van der Waals surface area (Å²) in [6, 6.07) is 9.90. The van der Waals surface area contributed by atoms with E-state index in [1.54, 1.807) is 0 Å². The highest BCUT2D eigenvalue weighted by Crippen LogP contribution is 2.11. The van der Waals surface area contributed by atoms with Crippen LogP contribution in [0.15, 0.2) is 30.3 Å². The second-order valence-electron chi connectivity index (χ2n) is 6.25. The first-order valence-corrected chi connectivity index (χ1v) is 8.70. The third-order valence-corrected chi connectivity index (χ3v) is 4.30. The van der Waals surface area contributed by atoms with Crippen molar-refractivity contribution in [2.45, 2.75) is 19.5 Å². The fraction of sp³-hybridized carbons (Fsp3) is 0.556. The fourth-order valence-electron chi connectivity index (χ4n) is 2.87. The molecule has 1 aromatic rings. The number of ether oxygens (including phenoxy) is 1. The molecule has 9 heteroatoms. The first-order chi connectivity index (χ1) is 12.1. The second kappa shape index (κ2) is 13.7. The molecule has 7 nitrogen and oxygen atoms in total. The van der Waals surface area contributed by atoms with Crippen molar-refractivity contribution in [1.29, 1.82) is 0 Å². The van der Waals surface area contributed by atoms with E-state index in [1.165, 1.54) is 0 Å². The number of hydrogen-bond donors (Lipinski definition) is 2. The normalized spacial score (nSPS) is 15.0. The van der Waals surface area contributed by atoms with Gasteiger partial charge in [-0.2, -0.15) is 0 Å². The molecule has 0 aliphatic carbocycles. The Balaban J connectivity index is 0.00000338. The third-order valence-electron chi connectivity index (χ3n) is 4.30. The molecule has 154 valence electrons. The molecule has 27 heavy (non-hydrogen) atoms. The van der Waals surface area contributed by atoms with Crippen LogP contribution in [0.25, 0.3) is 0 Å². The van der Waals surface area contributed by atoms with E-state index in [1.807, 2.05) is 42.2 Å². The molecule has 1 heterocycles. The molecular weight excluding hydrogens is 391 g/mol. The predicted molar refractivity (Wildman–Crippen MR) is 110 cm³/mol. The average Bonchev–Trinajstić information content (AvgIpc) is 2.65. The van der Waals surface area contributed by atoms with Crippen molar-refractivity contribution in [3.05, 3.63) is 35.9 Å². The van der Waals surface area contributed by atoms with E-state index in [-0.39, 0.29) is 55.8 Å². The van der Waals surface area contributed by atoms with Crippen molar-refractivity contribution >= 4 is 36.6 Å². The number of rotatable bonds is 8. The molecule has 0 spiro atoms. The monoisotopic (exact) mass is 420 g/mol. The highest BCUT2D eigenvalue weighted by Gasteiger charge is 2.23. The summed E-state index contributed by atoms with van der Waals surface area (Å²) in [5.74, 6) is -0.430. The Morgan fingerprint density at radius 2 is 1.85 bits per heavy atom. The fourth-order valence-corrected chi connectivity index (χ4v) is 2.87. The van der Waals surface area contributed by atoms with E-state index < -0.39 is 0 Å². The van der Waals surface area contributed by atoms with Crippen LogP contribution >= 0.6 is 24.8 Å². The Labute approximate surface area is 173 Å². The van der Waals surface area contributed by atoms with Crippen LogP contribution in [0.2, 0.25) is 0 Å². The number of nitrogens with one attached hydrogen (secondary N) is 1. The molecule has 2 rings (SSSR count). The standard InChI is InChI=1S/C18H28N4O3.2ClH/c1-15(13-21-7-9-25-10-8-21)22(14-16-5-3-2-4-6-16)18(24)12-20-17(23)11-19;;/h2-6,15H,7-14,19H2,1H3,(H,20,23);2*1H. The first-order valence-electron chi connectivity index (χ1n) is 8.70. The number of halogens is 2. The van der Waals surface area contributed by atoms with Gasteiger partial charge in [0.25, 0.3) is 0 Å². The third kappa shape index (κ3) is 8.90. The number of benzene rings is 1. The number of carbonyl (C=O) groups excluding carboxylic acids is 2. The lowest BCUT2D eigenvalue weighted by Gasteiger charge is -2.35. The van der Waals surface area contributed by atoms with Crippen molar-refractivity contribution < 1.29 is 14.3 Å². The Bertz CT molecular complexity index is 557. The van der Waals surface area contributed by atoms with Gasteiger partial charge >= 0.3 is 0 Å². The van der Waals surface area contributed by atoms with Crippen LogP contribution in [0.4, 0.5) is 0 Å². The highest BCUT2D eigenvalue weighted by atomic mass is 35.5. The van der Waals surface area contributed by atoms with Crippen molar-refractivity contribution in [3.63, 3.8) is 0 Å². The van der Waals surface area contributed by atoms with Crippen molar-refractivity contribution in [2.75, 3.05) is 45.9 Å². The van der Waals surface area contributed by atoms with E-state index in [0.29, 0.717) is 6.54 Å². The largest absolute Gasteiger partial charge is 0.379 e. The predicted octanol–water partition coefficient (Wildman–Crippen LogP) is 0.654. The Morgan fingerprint density at radius 3 is 2.44 bits per heavy atom. The summed E-state index contributed by atoms with van der Waals surface area (Å²) in [6.07, 6.45) is 0. The molecule has 0 radical (unpaired) electrons. The topological polar surface area (TPSA) is 87.9 Å². The summed E-state index contributed by atoms with van der Waals surface area (Å²) in [5, 5.41) is 2.57. The molecule has 1 saturated heterocycles. The lowest BCUT2D eigenvalue weighted by molar-refractivity contribution is -0.135. The van der Waals surface area contributed by atoms with E-state index in [9.17, 15) is 9.59 Å². The lowest BCUT2D eigenvalue weighted by atomic mass is 10.1. The minimum absolute atomic E-state index is 0. The van der Waals surface area contributed by atoms with Gasteiger partial charge in [-0.3, -0.25) is 14.5 Å². The summed E-state index contributed by atoms with van der Waals surface area (Å²) < 4.78 is 5.38. The van der Waals surface area contributed by atoms with Gasteiger partial charge in [0.15, 0.2) is 0 Å². The van der Waals surface area contributed by atoms with Crippen LogP contribution in [-0.2, 0) is 20.9 Å². The van der Waals surface area contributed by atoms with Crippen molar-refractivity contribution in [1.82, 2.24) is 15.1 Å². The minimum Gasteiger partial charge on any atom is -0.379 e. The van der Waals surface area contributed by atoms with Crippen LogP contribution in [0.1, 0.15) is 12.5 Å². The van der Waals surface area contributed by atoms with E-state index in [0.717, 1.165) is 38.4 Å². The number of hydrogen-bond acceptors (Lipinski definition) is 5. The van der Waals surface area contributed by atoms with Gasteiger partial charge < -0.3 is 20.7 Å². The molecular formula is C18H30Cl2N4O3. The average molecular weight is 421 g/mol. The molecule has 1 aromatic carbocycles. The lowest BCUT2D eigenvalue weighted by Crippen LogP contribution is -2.50. The number of nitrogens with zero attached hydrogens (tertiary/aromatic N) is 2. The first kappa shape index (κ1) is 25.6. The Morgan fingerprint density at radius 1 is 1.22 bits per heavy atom. The zero-order valence-electron chi connectivity index (χ0n) is 15.6. The minimum atomic E-state index is -0.325. The molecule has 1 fully saturated rings. The summed E-state index contributed by atoms with van der Waals surface area (Å²) in [7, 11) is 0. The number of carbonyl (C=O) groups is 2. The molecule has 3 N–H and O–H groups in total. The van der Waals surface area contributed by atoms with Gasteiger partial charge in [-0.05, 0) is 12.5 Å². The summed E-state index contributed by atoms with van der Waals surface area (Å²) in [6.45, 7) is 6.41. The Kier molecular flexibility index (Phi) is 13.0. The molecule has 1 unspecified atom stereocenters. The van der Waals surface area contributed by atoms with E-state index >= 15 is 0 Å². The van der Waals surface area contributed by atoms with Crippen LogP contribution in [0.3, 0.4) is 0 Å². The maximum absolute atomic E-state index is 12.7. The van der Waals surface area contributed by atoms with E-state index in [4.69, 9.17) is 10.5 Å². The zero-order chi connectivity index (χ0) is 18.1. The van der Waals surface area contributed by atoms with Crippen LogP contribution in [0.5, 0.6) is 0 Å². The highest BCUT2D eigenvalue weighted by molar-refractivity contribution is 5.86. The number of nitrogens with two attached hydrogens (primary N) is 1. The van der Waals surface area contributed by atoms with Gasteiger partial charge in [0.05, 0.1) is 26.3 Å². The maximum Gasteiger partial charge on any atom is 0.242 e. The van der Waals surface area contributed by atoms with Crippen LogP contribution in [-0.4, -0.2) is 73.6 Å². The van der Waals surface area contributed by atoms with E-state index in [2.05, 4.69) is 10.2 Å². The SMILES string of the molecule is CC(CN1CCOCC1)N(Cc1ccccc1)C(=O)CNC(=O)CN.Cl.Cl. The van der Waals surface area contributed by atoms with Gasteiger partial charge in [-0.1, -0.05) is 30.3 Å². The molecule has 0 aromatic heterocycles. The molecule has 1 atom stereocenters. The molecule has 2 amide bonds. The molecule has 1 aliphatic heterocycles. The van der Waals surface area contributed by atoms with Crippen molar-refractivity contribution in [3.8, 4) is 0 Å². The van der Waals surface area contributed by atoms with Crippen LogP contribution < -0.4 is 11.1 Å². The van der Waals surface area contributed by atoms with Gasteiger partial charge in [-0.15, -0.1) is 24.8 Å².